The van der Waals surface area contributed by atoms with Crippen molar-refractivity contribution in [2.45, 2.75) is 25.8 Å². The van der Waals surface area contributed by atoms with Crippen LogP contribution in [0.2, 0.25) is 10.0 Å². The number of anilines is 1. The van der Waals surface area contributed by atoms with Crippen LogP contribution in [0.25, 0.3) is 10.9 Å². The molecule has 1 amide bonds. The predicted molar refractivity (Wildman–Crippen MR) is 117 cm³/mol. The van der Waals surface area contributed by atoms with Crippen molar-refractivity contribution in [3.8, 4) is 0 Å². The third-order valence-electron chi connectivity index (χ3n) is 4.30. The first-order chi connectivity index (χ1) is 12.9. The van der Waals surface area contributed by atoms with Gasteiger partial charge in [0.2, 0.25) is 5.91 Å². The summed E-state index contributed by atoms with van der Waals surface area (Å²) in [6.07, 6.45) is 1.17. The minimum absolute atomic E-state index is 0.0432. The van der Waals surface area contributed by atoms with Crippen LogP contribution in [0, 0.1) is 0 Å². The normalized spacial score (nSPS) is 12.3. The van der Waals surface area contributed by atoms with E-state index in [1.165, 1.54) is 5.39 Å². The predicted octanol–water partition coefficient (Wildman–Crippen LogP) is 6.31. The Morgan fingerprint density at radius 1 is 1.15 bits per heavy atom. The second-order valence-corrected chi connectivity index (χ2v) is 8.14. The van der Waals surface area contributed by atoms with E-state index < -0.39 is 0 Å². The molecule has 3 aromatic rings. The Kier molecular flexibility index (Phi) is 6.82. The summed E-state index contributed by atoms with van der Waals surface area (Å²) in [5, 5.41) is 8.35. The highest BCUT2D eigenvalue weighted by Crippen LogP contribution is 2.25. The molecule has 3 N–H and O–H groups in total. The van der Waals surface area contributed by atoms with Gasteiger partial charge in [-0.2, -0.15) is 0 Å². The third-order valence-corrected chi connectivity index (χ3v) is 5.54. The fraction of sp³-hybridized carbons (Fsp3) is 0.250. The Labute approximate surface area is 176 Å². The summed E-state index contributed by atoms with van der Waals surface area (Å²) in [5.41, 5.74) is 2.89. The van der Waals surface area contributed by atoms with Gasteiger partial charge in [0.15, 0.2) is 0 Å². The topological polar surface area (TPSA) is 56.9 Å². The van der Waals surface area contributed by atoms with Crippen LogP contribution in [0.3, 0.4) is 0 Å². The van der Waals surface area contributed by atoms with Gasteiger partial charge in [0.05, 0.1) is 10.0 Å². The summed E-state index contributed by atoms with van der Waals surface area (Å²) in [6.45, 7) is 2.85. The lowest BCUT2D eigenvalue weighted by Crippen LogP contribution is -2.21. The van der Waals surface area contributed by atoms with Gasteiger partial charge < -0.3 is 15.6 Å². The molecule has 1 unspecified atom stereocenters. The number of benzene rings is 2. The molecule has 0 saturated carbocycles. The van der Waals surface area contributed by atoms with E-state index in [9.17, 15) is 4.79 Å². The Balaban J connectivity index is 1.44. The maximum atomic E-state index is 12.0. The molecular weight excluding hydrogens is 449 g/mol. The second-order valence-electron chi connectivity index (χ2n) is 6.41. The first-order valence-corrected chi connectivity index (χ1v) is 10.2. The third kappa shape index (κ3) is 5.48. The highest BCUT2D eigenvalue weighted by molar-refractivity contribution is 9.10. The molecule has 27 heavy (non-hydrogen) atoms. The molecule has 0 fully saturated rings. The van der Waals surface area contributed by atoms with Crippen molar-refractivity contribution >= 4 is 61.6 Å². The van der Waals surface area contributed by atoms with E-state index in [1.807, 2.05) is 6.07 Å². The fourth-order valence-electron chi connectivity index (χ4n) is 2.83. The summed E-state index contributed by atoms with van der Waals surface area (Å²) in [7, 11) is 0. The molecule has 7 heteroatoms. The van der Waals surface area contributed by atoms with E-state index in [-0.39, 0.29) is 11.9 Å². The zero-order valence-electron chi connectivity index (χ0n) is 14.8. The Morgan fingerprint density at radius 2 is 1.96 bits per heavy atom. The van der Waals surface area contributed by atoms with Crippen molar-refractivity contribution in [1.82, 2.24) is 10.3 Å². The number of hydrogen-bond donors (Lipinski definition) is 3. The van der Waals surface area contributed by atoms with E-state index in [1.54, 1.807) is 18.2 Å². The van der Waals surface area contributed by atoms with Crippen LogP contribution in [0.15, 0.2) is 46.9 Å². The number of aromatic amines is 1. The van der Waals surface area contributed by atoms with Crippen LogP contribution in [-0.2, 0) is 4.79 Å². The number of aromatic nitrogens is 1. The molecule has 0 radical (unpaired) electrons. The highest BCUT2D eigenvalue weighted by Gasteiger charge is 2.09. The molecule has 4 nitrogen and oxygen atoms in total. The number of carbonyl (C=O) groups is 1. The lowest BCUT2D eigenvalue weighted by molar-refractivity contribution is -0.116. The van der Waals surface area contributed by atoms with E-state index in [0.29, 0.717) is 22.2 Å². The molecule has 0 aliphatic rings. The molecule has 1 aromatic heterocycles. The number of hydrogen-bond acceptors (Lipinski definition) is 2. The number of carbonyl (C=O) groups excluding carboxylic acids is 1. The number of amides is 1. The molecule has 1 heterocycles. The minimum atomic E-state index is -0.0432. The Bertz CT molecular complexity index is 958. The number of nitrogens with one attached hydrogen (secondary N) is 3. The molecule has 0 bridgehead atoms. The standard InChI is InChI=1S/C20H20BrCl2N3O/c1-12(19-10-13-9-14(21)4-7-18(13)26-19)24-8-2-3-20(27)25-15-5-6-16(22)17(23)11-15/h4-7,9-12,24,26H,2-3,8H2,1H3,(H,25,27). The molecule has 3 rings (SSSR count). The monoisotopic (exact) mass is 467 g/mol. The average Bonchev–Trinajstić information content (AvgIpc) is 3.05. The van der Waals surface area contributed by atoms with Crippen molar-refractivity contribution in [2.24, 2.45) is 0 Å². The summed E-state index contributed by atoms with van der Waals surface area (Å²) in [6, 6.07) is 13.5. The number of rotatable bonds is 7. The molecule has 0 aliphatic carbocycles. The van der Waals surface area contributed by atoms with Crippen LogP contribution in [0.1, 0.15) is 31.5 Å². The van der Waals surface area contributed by atoms with Crippen LogP contribution < -0.4 is 10.6 Å². The molecule has 0 saturated heterocycles. The SMILES string of the molecule is CC(NCCCC(=O)Nc1ccc(Cl)c(Cl)c1)c1cc2cc(Br)ccc2[nH]1. The first-order valence-electron chi connectivity index (χ1n) is 8.69. The van der Waals surface area contributed by atoms with Gasteiger partial charge in [0, 0.05) is 39.2 Å². The second kappa shape index (κ2) is 9.11. The van der Waals surface area contributed by atoms with Crippen molar-refractivity contribution in [3.63, 3.8) is 0 Å². The Morgan fingerprint density at radius 3 is 2.74 bits per heavy atom. The summed E-state index contributed by atoms with van der Waals surface area (Å²) in [5.74, 6) is -0.0432. The van der Waals surface area contributed by atoms with Gasteiger partial charge >= 0.3 is 0 Å². The van der Waals surface area contributed by atoms with Gasteiger partial charge in [-0.15, -0.1) is 0 Å². The fourth-order valence-corrected chi connectivity index (χ4v) is 3.51. The number of fused-ring (bicyclic) bond motifs is 1. The quantitative estimate of drug-likeness (QED) is 0.356. The first kappa shape index (κ1) is 20.2. The Hall–Kier alpha value is -1.53. The van der Waals surface area contributed by atoms with Gasteiger partial charge in [-0.05, 0) is 62.4 Å². The van der Waals surface area contributed by atoms with Crippen LogP contribution in [0.4, 0.5) is 5.69 Å². The van der Waals surface area contributed by atoms with E-state index >= 15 is 0 Å². The summed E-state index contributed by atoms with van der Waals surface area (Å²) in [4.78, 5) is 15.5. The van der Waals surface area contributed by atoms with Gasteiger partial charge in [-0.3, -0.25) is 4.79 Å². The van der Waals surface area contributed by atoms with Crippen molar-refractivity contribution in [1.29, 1.82) is 0 Å². The van der Waals surface area contributed by atoms with Gasteiger partial charge in [0.25, 0.3) is 0 Å². The lowest BCUT2D eigenvalue weighted by Gasteiger charge is -2.12. The van der Waals surface area contributed by atoms with Gasteiger partial charge in [-0.1, -0.05) is 39.1 Å². The minimum Gasteiger partial charge on any atom is -0.357 e. The van der Waals surface area contributed by atoms with Crippen molar-refractivity contribution in [2.75, 3.05) is 11.9 Å². The largest absolute Gasteiger partial charge is 0.357 e. The lowest BCUT2D eigenvalue weighted by atomic mass is 10.2. The summed E-state index contributed by atoms with van der Waals surface area (Å²) < 4.78 is 1.06. The maximum Gasteiger partial charge on any atom is 0.224 e. The smallest absolute Gasteiger partial charge is 0.224 e. The molecule has 0 spiro atoms. The van der Waals surface area contributed by atoms with Crippen LogP contribution >= 0.6 is 39.1 Å². The van der Waals surface area contributed by atoms with Crippen molar-refractivity contribution < 1.29 is 4.79 Å². The zero-order valence-corrected chi connectivity index (χ0v) is 17.9. The average molecular weight is 469 g/mol. The molecule has 0 aliphatic heterocycles. The number of H-pyrrole nitrogens is 1. The van der Waals surface area contributed by atoms with Crippen LogP contribution in [0.5, 0.6) is 0 Å². The zero-order chi connectivity index (χ0) is 19.4. The molecule has 2 aromatic carbocycles. The van der Waals surface area contributed by atoms with Crippen LogP contribution in [-0.4, -0.2) is 17.4 Å². The molecular formula is C20H20BrCl2N3O. The van der Waals surface area contributed by atoms with Gasteiger partial charge in [0.1, 0.15) is 0 Å². The van der Waals surface area contributed by atoms with E-state index in [4.69, 9.17) is 23.2 Å². The number of halogens is 3. The summed E-state index contributed by atoms with van der Waals surface area (Å²) >= 11 is 15.3. The maximum absolute atomic E-state index is 12.0. The van der Waals surface area contributed by atoms with E-state index in [2.05, 4.69) is 56.7 Å². The van der Waals surface area contributed by atoms with Crippen molar-refractivity contribution in [3.05, 3.63) is 62.7 Å². The van der Waals surface area contributed by atoms with Gasteiger partial charge in [-0.25, -0.2) is 0 Å². The highest BCUT2D eigenvalue weighted by atomic mass is 79.9. The molecule has 1 atom stereocenters. The van der Waals surface area contributed by atoms with E-state index in [0.717, 1.165) is 28.6 Å². The molecule has 142 valence electrons.